The van der Waals surface area contributed by atoms with Crippen LogP contribution < -0.4 is 4.72 Å². The van der Waals surface area contributed by atoms with Gasteiger partial charge in [-0.1, -0.05) is 18.2 Å². The lowest BCUT2D eigenvalue weighted by Crippen LogP contribution is -2.25. The van der Waals surface area contributed by atoms with Crippen molar-refractivity contribution in [1.29, 1.82) is 0 Å². The first kappa shape index (κ1) is 15.7. The fourth-order valence-electron chi connectivity index (χ4n) is 1.99. The molecule has 0 saturated heterocycles. The van der Waals surface area contributed by atoms with Crippen LogP contribution >= 0.6 is 0 Å². The maximum atomic E-state index is 13.4. The third-order valence-corrected chi connectivity index (χ3v) is 4.63. The number of aliphatic hydroxyl groups is 1. The largest absolute Gasteiger partial charge is 0.390 e. The van der Waals surface area contributed by atoms with Crippen molar-refractivity contribution in [3.63, 3.8) is 0 Å². The zero-order valence-electron chi connectivity index (χ0n) is 11.6. The number of halogens is 1. The molecule has 2 aromatic rings. The minimum Gasteiger partial charge on any atom is -0.390 e. The number of aliphatic hydroxyl groups excluding tert-OH is 1. The molecule has 0 aliphatic carbocycles. The van der Waals surface area contributed by atoms with E-state index in [1.54, 1.807) is 29.8 Å². The van der Waals surface area contributed by atoms with E-state index >= 15 is 0 Å². The summed E-state index contributed by atoms with van der Waals surface area (Å²) in [7, 11) is -2.00. The highest BCUT2D eigenvalue weighted by Crippen LogP contribution is 2.13. The molecule has 0 aliphatic heterocycles. The van der Waals surface area contributed by atoms with Gasteiger partial charge in [0.25, 0.3) is 0 Å². The maximum Gasteiger partial charge on any atom is 0.242 e. The summed E-state index contributed by atoms with van der Waals surface area (Å²) in [6.45, 7) is -0.131. The fraction of sp³-hybridized carbons (Fsp3) is 0.286. The average molecular weight is 312 g/mol. The van der Waals surface area contributed by atoms with Crippen LogP contribution in [0.1, 0.15) is 11.3 Å². The number of nitrogens with one attached hydrogen (secondary N) is 1. The van der Waals surface area contributed by atoms with Crippen LogP contribution in [0.2, 0.25) is 0 Å². The minimum atomic E-state index is -3.66. The first-order valence-corrected chi connectivity index (χ1v) is 7.91. The van der Waals surface area contributed by atoms with E-state index in [0.29, 0.717) is 11.3 Å². The third-order valence-electron chi connectivity index (χ3n) is 3.20. The van der Waals surface area contributed by atoms with E-state index in [2.05, 4.69) is 4.72 Å². The Bertz CT molecular complexity index is 726. The molecular formula is C14H17FN2O3S. The molecule has 0 radical (unpaired) electrons. The lowest BCUT2D eigenvalue weighted by molar-refractivity contribution is 0.272. The molecule has 0 spiro atoms. The number of sulfonamides is 1. The van der Waals surface area contributed by atoms with Gasteiger partial charge in [-0.3, -0.25) is 0 Å². The van der Waals surface area contributed by atoms with Crippen LogP contribution in [0.3, 0.4) is 0 Å². The first-order chi connectivity index (χ1) is 9.94. The molecule has 2 rings (SSSR count). The van der Waals surface area contributed by atoms with E-state index in [-0.39, 0.29) is 30.3 Å². The number of hydrogen-bond donors (Lipinski definition) is 2. The standard InChI is InChI=1S/C14H17FN2O3S/c1-17-9-13(8-12(17)10-18)21(19,20)16-7-6-11-4-2-3-5-14(11)15/h2-5,8-9,16,18H,6-7,10H2,1H3. The first-order valence-electron chi connectivity index (χ1n) is 6.43. The Morgan fingerprint density at radius 1 is 1.33 bits per heavy atom. The molecule has 0 bridgehead atoms. The van der Waals surface area contributed by atoms with Crippen LogP contribution in [-0.2, 0) is 30.1 Å². The van der Waals surface area contributed by atoms with Gasteiger partial charge in [-0.05, 0) is 24.1 Å². The van der Waals surface area contributed by atoms with Crippen molar-refractivity contribution in [3.8, 4) is 0 Å². The fourth-order valence-corrected chi connectivity index (χ4v) is 3.11. The molecule has 0 saturated carbocycles. The van der Waals surface area contributed by atoms with Crippen LogP contribution in [0.15, 0.2) is 41.4 Å². The summed E-state index contributed by atoms with van der Waals surface area (Å²) < 4.78 is 41.6. The third kappa shape index (κ3) is 3.69. The smallest absolute Gasteiger partial charge is 0.242 e. The van der Waals surface area contributed by atoms with Crippen molar-refractivity contribution in [2.45, 2.75) is 17.9 Å². The van der Waals surface area contributed by atoms with Gasteiger partial charge in [-0.15, -0.1) is 0 Å². The number of nitrogens with zero attached hydrogens (tertiary/aromatic N) is 1. The summed E-state index contributed by atoms with van der Waals surface area (Å²) in [4.78, 5) is 0.0857. The molecule has 0 amide bonds. The molecule has 5 nitrogen and oxygen atoms in total. The molecule has 0 atom stereocenters. The maximum absolute atomic E-state index is 13.4. The molecule has 7 heteroatoms. The number of aromatic nitrogens is 1. The summed E-state index contributed by atoms with van der Waals surface area (Å²) in [6, 6.07) is 7.66. The lowest BCUT2D eigenvalue weighted by Gasteiger charge is -2.05. The highest BCUT2D eigenvalue weighted by atomic mass is 32.2. The second-order valence-corrected chi connectivity index (χ2v) is 6.44. The van der Waals surface area contributed by atoms with Crippen LogP contribution in [-0.4, -0.2) is 24.6 Å². The van der Waals surface area contributed by atoms with Gasteiger partial charge in [0, 0.05) is 25.5 Å². The normalized spacial score (nSPS) is 11.8. The Balaban J connectivity index is 2.03. The van der Waals surface area contributed by atoms with Crippen molar-refractivity contribution >= 4 is 10.0 Å². The van der Waals surface area contributed by atoms with E-state index in [1.165, 1.54) is 18.3 Å². The van der Waals surface area contributed by atoms with Gasteiger partial charge in [0.05, 0.1) is 11.5 Å². The second kappa shape index (κ2) is 6.38. The summed E-state index contributed by atoms with van der Waals surface area (Å²) in [5.74, 6) is -0.348. The minimum absolute atomic E-state index is 0.0857. The zero-order valence-corrected chi connectivity index (χ0v) is 12.4. The monoisotopic (exact) mass is 312 g/mol. The van der Waals surface area contributed by atoms with E-state index in [0.717, 1.165) is 0 Å². The predicted octanol–water partition coefficient (Wildman–Crippen LogP) is 1.18. The predicted molar refractivity (Wildman–Crippen MR) is 76.6 cm³/mol. The quantitative estimate of drug-likeness (QED) is 0.841. The van der Waals surface area contributed by atoms with Crippen molar-refractivity contribution in [3.05, 3.63) is 53.6 Å². The molecule has 0 fully saturated rings. The van der Waals surface area contributed by atoms with Crippen molar-refractivity contribution in [2.75, 3.05) is 6.54 Å². The Labute approximate surface area is 123 Å². The lowest BCUT2D eigenvalue weighted by atomic mass is 10.1. The number of aryl methyl sites for hydroxylation is 1. The second-order valence-electron chi connectivity index (χ2n) is 4.68. The Kier molecular flexibility index (Phi) is 4.76. The van der Waals surface area contributed by atoms with Gasteiger partial charge < -0.3 is 9.67 Å². The highest BCUT2D eigenvalue weighted by molar-refractivity contribution is 7.89. The van der Waals surface area contributed by atoms with Crippen LogP contribution in [0, 0.1) is 5.82 Å². The average Bonchev–Trinajstić information content (AvgIpc) is 2.83. The van der Waals surface area contributed by atoms with Crippen LogP contribution in [0.4, 0.5) is 4.39 Å². The Morgan fingerprint density at radius 3 is 2.67 bits per heavy atom. The van der Waals surface area contributed by atoms with Gasteiger partial charge in [0.2, 0.25) is 10.0 Å². The summed E-state index contributed by atoms with van der Waals surface area (Å²) in [5, 5.41) is 9.08. The number of benzene rings is 1. The molecule has 2 N–H and O–H groups in total. The van der Waals surface area contributed by atoms with E-state index in [9.17, 15) is 12.8 Å². The van der Waals surface area contributed by atoms with Gasteiger partial charge in [0.15, 0.2) is 0 Å². The van der Waals surface area contributed by atoms with Crippen molar-refractivity contribution in [2.24, 2.45) is 7.05 Å². The van der Waals surface area contributed by atoms with Crippen LogP contribution in [0.5, 0.6) is 0 Å². The van der Waals surface area contributed by atoms with Gasteiger partial charge in [-0.2, -0.15) is 0 Å². The van der Waals surface area contributed by atoms with E-state index in [4.69, 9.17) is 5.11 Å². The number of hydrogen-bond acceptors (Lipinski definition) is 3. The number of rotatable bonds is 6. The Morgan fingerprint density at radius 2 is 2.05 bits per heavy atom. The Hall–Kier alpha value is -1.70. The molecule has 0 unspecified atom stereocenters. The molecule has 1 aromatic carbocycles. The summed E-state index contributed by atoms with van der Waals surface area (Å²) in [6.07, 6.45) is 1.70. The molecular weight excluding hydrogens is 295 g/mol. The summed E-state index contributed by atoms with van der Waals surface area (Å²) >= 11 is 0. The molecule has 114 valence electrons. The van der Waals surface area contributed by atoms with Gasteiger partial charge in [-0.25, -0.2) is 17.5 Å². The SMILES string of the molecule is Cn1cc(S(=O)(=O)NCCc2ccccc2F)cc1CO. The highest BCUT2D eigenvalue weighted by Gasteiger charge is 2.17. The van der Waals surface area contributed by atoms with Crippen molar-refractivity contribution in [1.82, 2.24) is 9.29 Å². The zero-order chi connectivity index (χ0) is 15.5. The molecule has 21 heavy (non-hydrogen) atoms. The topological polar surface area (TPSA) is 71.3 Å². The van der Waals surface area contributed by atoms with Gasteiger partial charge >= 0.3 is 0 Å². The molecule has 1 aromatic heterocycles. The van der Waals surface area contributed by atoms with Crippen LogP contribution in [0.25, 0.3) is 0 Å². The molecule has 0 aliphatic rings. The van der Waals surface area contributed by atoms with E-state index in [1.807, 2.05) is 0 Å². The summed E-state index contributed by atoms with van der Waals surface area (Å²) in [5.41, 5.74) is 0.966. The van der Waals surface area contributed by atoms with Crippen molar-refractivity contribution < 1.29 is 17.9 Å². The molecule has 1 heterocycles. The van der Waals surface area contributed by atoms with Gasteiger partial charge in [0.1, 0.15) is 5.82 Å². The van der Waals surface area contributed by atoms with E-state index < -0.39 is 10.0 Å².